The van der Waals surface area contributed by atoms with Crippen LogP contribution < -0.4 is 5.32 Å². The highest BCUT2D eigenvalue weighted by Crippen LogP contribution is 2.33. The zero-order chi connectivity index (χ0) is 13.6. The van der Waals surface area contributed by atoms with Crippen molar-refractivity contribution >= 4 is 17.8 Å². The van der Waals surface area contributed by atoms with E-state index in [-0.39, 0.29) is 44.3 Å². The van der Waals surface area contributed by atoms with E-state index in [0.717, 1.165) is 0 Å². The molecule has 0 aromatic rings. The van der Waals surface area contributed by atoms with Crippen LogP contribution in [0.3, 0.4) is 0 Å². The molecule has 1 amide bonds. The summed E-state index contributed by atoms with van der Waals surface area (Å²) in [5.74, 6) is -0.972. The normalized spacial score (nSPS) is 22.4. The molecule has 0 aromatic heterocycles. The number of hydrogen-bond acceptors (Lipinski definition) is 5. The Bertz CT molecular complexity index is 341. The van der Waals surface area contributed by atoms with E-state index in [0.29, 0.717) is 6.61 Å². The van der Waals surface area contributed by atoms with Crippen molar-refractivity contribution < 1.29 is 23.9 Å². The van der Waals surface area contributed by atoms with E-state index < -0.39 is 11.4 Å². The number of hydrogen-bond donors (Lipinski definition) is 1. The number of nitrogens with one attached hydrogen (secondary N) is 1. The molecular weight excluding hydrogens is 238 g/mol. The van der Waals surface area contributed by atoms with Crippen LogP contribution in [0.1, 0.15) is 33.1 Å². The van der Waals surface area contributed by atoms with Crippen LogP contribution in [0.4, 0.5) is 0 Å². The van der Waals surface area contributed by atoms with E-state index in [1.165, 1.54) is 0 Å². The molecule has 0 aliphatic carbocycles. The van der Waals surface area contributed by atoms with Gasteiger partial charge in [0.25, 0.3) is 0 Å². The summed E-state index contributed by atoms with van der Waals surface area (Å²) in [5.41, 5.74) is -0.917. The monoisotopic (exact) mass is 257 g/mol. The summed E-state index contributed by atoms with van der Waals surface area (Å²) in [6.45, 7) is 4.22. The van der Waals surface area contributed by atoms with Gasteiger partial charge in [0, 0.05) is 19.4 Å². The van der Waals surface area contributed by atoms with E-state index in [4.69, 9.17) is 9.47 Å². The van der Waals surface area contributed by atoms with E-state index in [1.807, 2.05) is 0 Å². The first-order valence-corrected chi connectivity index (χ1v) is 6.13. The Morgan fingerprint density at radius 3 is 2.44 bits per heavy atom. The summed E-state index contributed by atoms with van der Waals surface area (Å²) < 4.78 is 9.80. The zero-order valence-corrected chi connectivity index (χ0v) is 10.8. The average Bonchev–Trinajstić information content (AvgIpc) is 2.71. The average molecular weight is 257 g/mol. The largest absolute Gasteiger partial charge is 0.466 e. The molecule has 0 bridgehead atoms. The van der Waals surface area contributed by atoms with Crippen LogP contribution in [0.15, 0.2) is 0 Å². The maximum atomic E-state index is 11.9. The summed E-state index contributed by atoms with van der Waals surface area (Å²) in [5, 5.41) is 2.61. The molecule has 6 heteroatoms. The Morgan fingerprint density at radius 2 is 1.94 bits per heavy atom. The quantitative estimate of drug-likeness (QED) is 0.696. The highest BCUT2D eigenvalue weighted by Gasteiger charge is 2.46. The van der Waals surface area contributed by atoms with Crippen LogP contribution >= 0.6 is 0 Å². The molecule has 0 unspecified atom stereocenters. The zero-order valence-electron chi connectivity index (χ0n) is 10.8. The number of ether oxygens (including phenoxy) is 2. The molecule has 1 atom stereocenters. The van der Waals surface area contributed by atoms with Gasteiger partial charge in [-0.1, -0.05) is 0 Å². The molecule has 0 aromatic carbocycles. The lowest BCUT2D eigenvalue weighted by molar-refractivity contribution is -0.156. The number of carbonyl (C=O) groups is 3. The third kappa shape index (κ3) is 3.45. The first-order chi connectivity index (χ1) is 8.54. The van der Waals surface area contributed by atoms with Crippen molar-refractivity contribution in [3.63, 3.8) is 0 Å². The van der Waals surface area contributed by atoms with Gasteiger partial charge in [0.2, 0.25) is 5.91 Å². The molecule has 1 saturated heterocycles. The molecule has 0 spiro atoms. The van der Waals surface area contributed by atoms with Gasteiger partial charge in [0.1, 0.15) is 0 Å². The predicted octanol–water partition coefficient (Wildman–Crippen LogP) is 0.399. The number of amides is 1. The topological polar surface area (TPSA) is 81.7 Å². The van der Waals surface area contributed by atoms with Crippen molar-refractivity contribution in [2.75, 3.05) is 19.8 Å². The standard InChI is InChI=1S/C12H19NO5/c1-3-17-10(15)5-6-12(11(16)18-4-2)7-9(14)13-8-12/h3-8H2,1-2H3,(H,13,14)/t12-/m1/s1. The maximum Gasteiger partial charge on any atom is 0.314 e. The third-order valence-electron chi connectivity index (χ3n) is 2.94. The van der Waals surface area contributed by atoms with E-state index in [9.17, 15) is 14.4 Å². The van der Waals surface area contributed by atoms with E-state index >= 15 is 0 Å². The number of rotatable bonds is 6. The maximum absolute atomic E-state index is 11.9. The summed E-state index contributed by atoms with van der Waals surface area (Å²) in [6.07, 6.45) is 0.455. The Hall–Kier alpha value is -1.59. The van der Waals surface area contributed by atoms with Gasteiger partial charge in [-0.05, 0) is 20.3 Å². The Kier molecular flexibility index (Phi) is 5.12. The predicted molar refractivity (Wildman–Crippen MR) is 62.6 cm³/mol. The van der Waals surface area contributed by atoms with E-state index in [1.54, 1.807) is 13.8 Å². The summed E-state index contributed by atoms with van der Waals surface area (Å²) in [4.78, 5) is 34.5. The van der Waals surface area contributed by atoms with Gasteiger partial charge in [-0.3, -0.25) is 14.4 Å². The molecular formula is C12H19NO5. The van der Waals surface area contributed by atoms with Gasteiger partial charge in [-0.2, -0.15) is 0 Å². The lowest BCUT2D eigenvalue weighted by Gasteiger charge is -2.23. The van der Waals surface area contributed by atoms with Crippen LogP contribution in [0.2, 0.25) is 0 Å². The number of carbonyl (C=O) groups excluding carboxylic acids is 3. The highest BCUT2D eigenvalue weighted by molar-refractivity contribution is 5.90. The fourth-order valence-electron chi connectivity index (χ4n) is 1.98. The first kappa shape index (κ1) is 14.5. The lowest BCUT2D eigenvalue weighted by atomic mass is 9.82. The molecule has 1 aliphatic heterocycles. The minimum absolute atomic E-state index is 0.0746. The van der Waals surface area contributed by atoms with Crippen molar-refractivity contribution in [1.29, 1.82) is 0 Å². The van der Waals surface area contributed by atoms with Crippen LogP contribution in [-0.2, 0) is 23.9 Å². The fourth-order valence-corrected chi connectivity index (χ4v) is 1.98. The van der Waals surface area contributed by atoms with Gasteiger partial charge in [0.15, 0.2) is 0 Å². The third-order valence-corrected chi connectivity index (χ3v) is 2.94. The molecule has 1 rings (SSSR count). The minimum Gasteiger partial charge on any atom is -0.466 e. The van der Waals surface area contributed by atoms with Gasteiger partial charge in [0.05, 0.1) is 18.6 Å². The van der Waals surface area contributed by atoms with Crippen LogP contribution in [-0.4, -0.2) is 37.6 Å². The highest BCUT2D eigenvalue weighted by atomic mass is 16.5. The fraction of sp³-hybridized carbons (Fsp3) is 0.750. The molecule has 1 aliphatic rings. The molecule has 6 nitrogen and oxygen atoms in total. The first-order valence-electron chi connectivity index (χ1n) is 6.13. The molecule has 1 fully saturated rings. The summed E-state index contributed by atoms with van der Waals surface area (Å²) in [6, 6.07) is 0. The van der Waals surface area contributed by atoms with Gasteiger partial charge < -0.3 is 14.8 Å². The van der Waals surface area contributed by atoms with Gasteiger partial charge in [-0.25, -0.2) is 0 Å². The summed E-state index contributed by atoms with van der Waals surface area (Å²) in [7, 11) is 0. The summed E-state index contributed by atoms with van der Waals surface area (Å²) >= 11 is 0. The van der Waals surface area contributed by atoms with Gasteiger partial charge >= 0.3 is 11.9 Å². The second kappa shape index (κ2) is 6.37. The van der Waals surface area contributed by atoms with Crippen molar-refractivity contribution in [3.8, 4) is 0 Å². The van der Waals surface area contributed by atoms with E-state index in [2.05, 4.69) is 5.32 Å². The molecule has 0 radical (unpaired) electrons. The Labute approximate surface area is 106 Å². The number of esters is 2. The van der Waals surface area contributed by atoms with Crippen LogP contribution in [0.5, 0.6) is 0 Å². The second-order valence-corrected chi connectivity index (χ2v) is 4.26. The molecule has 1 N–H and O–H groups in total. The Balaban J connectivity index is 2.64. The lowest BCUT2D eigenvalue weighted by Crippen LogP contribution is -2.36. The minimum atomic E-state index is -0.917. The molecule has 0 saturated carbocycles. The molecule has 102 valence electrons. The van der Waals surface area contributed by atoms with Crippen LogP contribution in [0.25, 0.3) is 0 Å². The SMILES string of the molecule is CCOC(=O)CC[C@]1(C(=O)OCC)CNC(=O)C1. The molecule has 1 heterocycles. The van der Waals surface area contributed by atoms with Crippen LogP contribution in [0, 0.1) is 5.41 Å². The van der Waals surface area contributed by atoms with Crippen molar-refractivity contribution in [2.24, 2.45) is 5.41 Å². The van der Waals surface area contributed by atoms with Crippen molar-refractivity contribution in [1.82, 2.24) is 5.32 Å². The molecule has 18 heavy (non-hydrogen) atoms. The van der Waals surface area contributed by atoms with Crippen molar-refractivity contribution in [3.05, 3.63) is 0 Å². The van der Waals surface area contributed by atoms with Gasteiger partial charge in [-0.15, -0.1) is 0 Å². The second-order valence-electron chi connectivity index (χ2n) is 4.26. The smallest absolute Gasteiger partial charge is 0.314 e. The van der Waals surface area contributed by atoms with Crippen molar-refractivity contribution in [2.45, 2.75) is 33.1 Å². The Morgan fingerprint density at radius 1 is 1.28 bits per heavy atom.